The second-order valence-electron chi connectivity index (χ2n) is 4.04. The van der Waals surface area contributed by atoms with Crippen LogP contribution in [0.4, 0.5) is 17.6 Å². The molecule has 1 unspecified atom stereocenters. The third-order valence-corrected chi connectivity index (χ3v) is 2.85. The number of anilines is 3. The van der Waals surface area contributed by atoms with Gasteiger partial charge in [-0.05, 0) is 27.2 Å². The normalized spacial score (nSPS) is 12.2. The molecule has 1 rings (SSSR count). The minimum atomic E-state index is 0.320. The maximum Gasteiger partial charge on any atom is 0.223 e. The molecule has 0 spiro atoms. The summed E-state index contributed by atoms with van der Waals surface area (Å²) in [5.41, 5.74) is 5.73. The van der Waals surface area contributed by atoms with Gasteiger partial charge >= 0.3 is 0 Å². The number of rotatable bonds is 6. The summed E-state index contributed by atoms with van der Waals surface area (Å²) in [6.45, 7) is 10.3. The first-order valence-corrected chi connectivity index (χ1v) is 6.27. The van der Waals surface area contributed by atoms with E-state index in [1.165, 1.54) is 0 Å². The number of aromatic nitrogens is 2. The molecule has 17 heavy (non-hydrogen) atoms. The van der Waals surface area contributed by atoms with Crippen LogP contribution in [0.2, 0.25) is 0 Å². The lowest BCUT2D eigenvalue weighted by Gasteiger charge is -2.28. The predicted molar refractivity (Wildman–Crippen MR) is 73.4 cm³/mol. The zero-order valence-corrected chi connectivity index (χ0v) is 11.2. The SMILES string of the molecule is CCNc1cc(N(CC)C(C)CC)nc(N)n1. The van der Waals surface area contributed by atoms with E-state index < -0.39 is 0 Å². The average Bonchev–Trinajstić information content (AvgIpc) is 2.29. The van der Waals surface area contributed by atoms with E-state index in [4.69, 9.17) is 5.73 Å². The van der Waals surface area contributed by atoms with Gasteiger partial charge in [0.1, 0.15) is 11.6 Å². The minimum Gasteiger partial charge on any atom is -0.370 e. The van der Waals surface area contributed by atoms with Gasteiger partial charge in [-0.15, -0.1) is 0 Å². The van der Waals surface area contributed by atoms with Crippen molar-refractivity contribution in [2.45, 2.75) is 40.2 Å². The third-order valence-electron chi connectivity index (χ3n) is 2.85. The van der Waals surface area contributed by atoms with E-state index in [1.54, 1.807) is 0 Å². The van der Waals surface area contributed by atoms with Crippen LogP contribution in [0.1, 0.15) is 34.1 Å². The number of nitrogens with two attached hydrogens (primary N) is 1. The third kappa shape index (κ3) is 3.47. The number of nitrogen functional groups attached to an aromatic ring is 1. The highest BCUT2D eigenvalue weighted by Crippen LogP contribution is 2.19. The quantitative estimate of drug-likeness (QED) is 0.793. The molecule has 0 amide bonds. The Balaban J connectivity index is 3.01. The fraction of sp³-hybridized carbons (Fsp3) is 0.667. The monoisotopic (exact) mass is 237 g/mol. The Labute approximate surface area is 103 Å². The van der Waals surface area contributed by atoms with Gasteiger partial charge in [0.25, 0.3) is 0 Å². The van der Waals surface area contributed by atoms with E-state index in [2.05, 4.69) is 41.0 Å². The van der Waals surface area contributed by atoms with Crippen LogP contribution in [-0.2, 0) is 0 Å². The van der Waals surface area contributed by atoms with Crippen molar-refractivity contribution in [1.29, 1.82) is 0 Å². The molecule has 1 aromatic heterocycles. The van der Waals surface area contributed by atoms with Crippen LogP contribution in [0.15, 0.2) is 6.07 Å². The molecule has 0 saturated carbocycles. The number of hydrogen-bond donors (Lipinski definition) is 2. The Morgan fingerprint density at radius 3 is 2.59 bits per heavy atom. The molecule has 5 nitrogen and oxygen atoms in total. The van der Waals surface area contributed by atoms with Crippen molar-refractivity contribution in [2.24, 2.45) is 0 Å². The first-order valence-electron chi connectivity index (χ1n) is 6.27. The summed E-state index contributed by atoms with van der Waals surface area (Å²) in [6.07, 6.45) is 1.08. The first-order chi connectivity index (χ1) is 8.12. The van der Waals surface area contributed by atoms with Crippen molar-refractivity contribution in [3.05, 3.63) is 6.07 Å². The van der Waals surface area contributed by atoms with E-state index in [-0.39, 0.29) is 0 Å². The Morgan fingerprint density at radius 2 is 2.06 bits per heavy atom. The molecule has 0 fully saturated rings. The topological polar surface area (TPSA) is 67.1 Å². The van der Waals surface area contributed by atoms with E-state index in [1.807, 2.05) is 13.0 Å². The molecule has 0 saturated heterocycles. The summed E-state index contributed by atoms with van der Waals surface area (Å²) >= 11 is 0. The summed E-state index contributed by atoms with van der Waals surface area (Å²) in [6, 6.07) is 2.40. The molecule has 3 N–H and O–H groups in total. The van der Waals surface area contributed by atoms with E-state index in [0.717, 1.165) is 31.1 Å². The Morgan fingerprint density at radius 1 is 1.35 bits per heavy atom. The van der Waals surface area contributed by atoms with Crippen LogP contribution in [0.25, 0.3) is 0 Å². The van der Waals surface area contributed by atoms with E-state index in [0.29, 0.717) is 12.0 Å². The molecular weight excluding hydrogens is 214 g/mol. The van der Waals surface area contributed by atoms with Gasteiger partial charge in [0.15, 0.2) is 0 Å². The molecule has 1 heterocycles. The van der Waals surface area contributed by atoms with Crippen LogP contribution in [0.5, 0.6) is 0 Å². The van der Waals surface area contributed by atoms with Gasteiger partial charge in [-0.3, -0.25) is 0 Å². The van der Waals surface area contributed by atoms with Crippen LogP contribution in [0.3, 0.4) is 0 Å². The predicted octanol–water partition coefficient (Wildman–Crippen LogP) is 2.12. The molecule has 1 aromatic rings. The molecule has 0 aliphatic carbocycles. The Kier molecular flexibility index (Phi) is 5.00. The summed E-state index contributed by atoms with van der Waals surface area (Å²) in [7, 11) is 0. The maximum atomic E-state index is 5.73. The lowest BCUT2D eigenvalue weighted by Crippen LogP contribution is -2.33. The lowest BCUT2D eigenvalue weighted by molar-refractivity contribution is 0.623. The average molecular weight is 237 g/mol. The molecular formula is C12H23N5. The molecule has 96 valence electrons. The van der Waals surface area contributed by atoms with Crippen molar-refractivity contribution in [2.75, 3.05) is 29.0 Å². The van der Waals surface area contributed by atoms with Gasteiger partial charge < -0.3 is 16.0 Å². The molecule has 0 aromatic carbocycles. The molecule has 0 aliphatic heterocycles. The fourth-order valence-corrected chi connectivity index (χ4v) is 1.79. The zero-order chi connectivity index (χ0) is 12.8. The number of hydrogen-bond acceptors (Lipinski definition) is 5. The van der Waals surface area contributed by atoms with Gasteiger partial charge in [-0.2, -0.15) is 9.97 Å². The summed E-state index contributed by atoms with van der Waals surface area (Å²) < 4.78 is 0. The van der Waals surface area contributed by atoms with E-state index >= 15 is 0 Å². The van der Waals surface area contributed by atoms with Crippen LogP contribution in [0, 0.1) is 0 Å². The molecule has 0 radical (unpaired) electrons. The van der Waals surface area contributed by atoms with Crippen LogP contribution < -0.4 is 16.0 Å². The van der Waals surface area contributed by atoms with Crippen LogP contribution >= 0.6 is 0 Å². The Hall–Kier alpha value is -1.52. The van der Waals surface area contributed by atoms with E-state index in [9.17, 15) is 0 Å². The second kappa shape index (κ2) is 6.27. The highest BCUT2D eigenvalue weighted by Gasteiger charge is 2.14. The summed E-state index contributed by atoms with van der Waals surface area (Å²) in [5, 5.41) is 3.17. The van der Waals surface area contributed by atoms with Gasteiger partial charge in [-0.25, -0.2) is 0 Å². The molecule has 0 aliphatic rings. The molecule has 1 atom stereocenters. The fourth-order valence-electron chi connectivity index (χ4n) is 1.79. The smallest absolute Gasteiger partial charge is 0.223 e. The standard InChI is InChI=1S/C12H23N5/c1-5-9(4)17(7-3)11-8-10(14-6-2)15-12(13)16-11/h8-9H,5-7H2,1-4H3,(H3,13,14,15,16). The van der Waals surface area contributed by atoms with Gasteiger partial charge in [0.05, 0.1) is 0 Å². The number of nitrogens with zero attached hydrogens (tertiary/aromatic N) is 3. The van der Waals surface area contributed by atoms with Gasteiger partial charge in [0, 0.05) is 25.2 Å². The molecule has 0 bridgehead atoms. The largest absolute Gasteiger partial charge is 0.370 e. The van der Waals surface area contributed by atoms with Crippen molar-refractivity contribution >= 4 is 17.6 Å². The van der Waals surface area contributed by atoms with Gasteiger partial charge in [-0.1, -0.05) is 6.92 Å². The van der Waals surface area contributed by atoms with Crippen molar-refractivity contribution in [3.63, 3.8) is 0 Å². The van der Waals surface area contributed by atoms with Crippen molar-refractivity contribution < 1.29 is 0 Å². The van der Waals surface area contributed by atoms with Crippen molar-refractivity contribution in [3.8, 4) is 0 Å². The highest BCUT2D eigenvalue weighted by molar-refractivity contribution is 5.53. The lowest BCUT2D eigenvalue weighted by atomic mass is 10.2. The second-order valence-corrected chi connectivity index (χ2v) is 4.04. The summed E-state index contributed by atoms with van der Waals surface area (Å²) in [4.78, 5) is 10.7. The summed E-state index contributed by atoms with van der Waals surface area (Å²) in [5.74, 6) is 2.00. The molecule has 5 heteroatoms. The first kappa shape index (κ1) is 13.5. The highest BCUT2D eigenvalue weighted by atomic mass is 15.2. The van der Waals surface area contributed by atoms with Gasteiger partial charge in [0.2, 0.25) is 5.95 Å². The van der Waals surface area contributed by atoms with Crippen LogP contribution in [-0.4, -0.2) is 29.1 Å². The van der Waals surface area contributed by atoms with Crippen molar-refractivity contribution in [1.82, 2.24) is 9.97 Å². The Bertz CT molecular complexity index is 353. The maximum absolute atomic E-state index is 5.73. The minimum absolute atomic E-state index is 0.320. The zero-order valence-electron chi connectivity index (χ0n) is 11.2. The number of nitrogens with one attached hydrogen (secondary N) is 1.